The molecule has 1 aromatic heterocycles. The molecule has 7 heteroatoms. The lowest BCUT2D eigenvalue weighted by atomic mass is 10.2. The molecule has 0 aliphatic carbocycles. The molecule has 0 saturated heterocycles. The number of aryl methyl sites for hydroxylation is 1. The molecular formula is C17H15F2NO3S. The molecule has 1 aromatic carbocycles. The van der Waals surface area contributed by atoms with Crippen molar-refractivity contribution in [2.45, 2.75) is 20.0 Å². The second kappa shape index (κ2) is 7.83. The Bertz CT molecular complexity index is 786. The van der Waals surface area contributed by atoms with Crippen LogP contribution < -0.4 is 5.32 Å². The fourth-order valence-corrected chi connectivity index (χ4v) is 2.57. The number of anilines is 1. The Morgan fingerprint density at radius 1 is 1.25 bits per heavy atom. The van der Waals surface area contributed by atoms with Crippen molar-refractivity contribution in [3.05, 3.63) is 57.8 Å². The third-order valence-corrected chi connectivity index (χ3v) is 3.96. The standard InChI is InChI=1S/C17H15F2NO3S/c1-10-3-5-13(24-10)6-8-16(21)23-11(2)17(22)20-15-7-4-12(18)9-14(15)19/h3-9,11H,1-2H3,(H,20,22)/b8-6+/t11-/m1/s1. The van der Waals surface area contributed by atoms with Gasteiger partial charge in [0.2, 0.25) is 0 Å². The van der Waals surface area contributed by atoms with Crippen molar-refractivity contribution < 1.29 is 23.1 Å². The van der Waals surface area contributed by atoms with Crippen LogP contribution in [-0.2, 0) is 14.3 Å². The number of benzene rings is 1. The van der Waals surface area contributed by atoms with Crippen LogP contribution in [0.2, 0.25) is 0 Å². The van der Waals surface area contributed by atoms with E-state index in [1.54, 1.807) is 6.08 Å². The van der Waals surface area contributed by atoms with Crippen LogP contribution in [0.4, 0.5) is 14.5 Å². The van der Waals surface area contributed by atoms with E-state index >= 15 is 0 Å². The van der Waals surface area contributed by atoms with E-state index in [1.165, 1.54) is 24.3 Å². The Balaban J connectivity index is 1.90. The number of thiophene rings is 1. The molecule has 1 amide bonds. The highest BCUT2D eigenvalue weighted by Crippen LogP contribution is 2.17. The smallest absolute Gasteiger partial charge is 0.331 e. The van der Waals surface area contributed by atoms with E-state index in [0.29, 0.717) is 6.07 Å². The Kier molecular flexibility index (Phi) is 5.81. The van der Waals surface area contributed by atoms with E-state index < -0.39 is 29.6 Å². The quantitative estimate of drug-likeness (QED) is 0.656. The van der Waals surface area contributed by atoms with Crippen molar-refractivity contribution in [1.82, 2.24) is 0 Å². The monoisotopic (exact) mass is 351 g/mol. The number of ether oxygens (including phenoxy) is 1. The molecular weight excluding hydrogens is 336 g/mol. The van der Waals surface area contributed by atoms with Gasteiger partial charge in [0.1, 0.15) is 11.6 Å². The second-order valence-electron chi connectivity index (χ2n) is 4.97. The van der Waals surface area contributed by atoms with Crippen LogP contribution >= 0.6 is 11.3 Å². The fourth-order valence-electron chi connectivity index (χ4n) is 1.79. The lowest BCUT2D eigenvalue weighted by Crippen LogP contribution is -2.29. The van der Waals surface area contributed by atoms with Crippen LogP contribution in [0.1, 0.15) is 16.7 Å². The van der Waals surface area contributed by atoms with Crippen LogP contribution in [0.5, 0.6) is 0 Å². The first-order chi connectivity index (χ1) is 11.3. The minimum absolute atomic E-state index is 0.186. The first kappa shape index (κ1) is 17.8. The van der Waals surface area contributed by atoms with Crippen molar-refractivity contribution in [1.29, 1.82) is 0 Å². The van der Waals surface area contributed by atoms with Gasteiger partial charge in [0.05, 0.1) is 5.69 Å². The first-order valence-corrected chi connectivity index (χ1v) is 7.88. The van der Waals surface area contributed by atoms with Crippen molar-refractivity contribution >= 4 is 35.0 Å². The minimum atomic E-state index is -1.13. The molecule has 1 heterocycles. The van der Waals surface area contributed by atoms with Gasteiger partial charge in [-0.3, -0.25) is 4.79 Å². The van der Waals surface area contributed by atoms with Crippen molar-refractivity contribution in [3.8, 4) is 0 Å². The molecule has 2 rings (SSSR count). The summed E-state index contributed by atoms with van der Waals surface area (Å²) in [5.41, 5.74) is -0.186. The molecule has 0 radical (unpaired) electrons. The molecule has 4 nitrogen and oxygen atoms in total. The number of hydrogen-bond donors (Lipinski definition) is 1. The first-order valence-electron chi connectivity index (χ1n) is 7.06. The summed E-state index contributed by atoms with van der Waals surface area (Å²) in [6.07, 6.45) is 1.68. The van der Waals surface area contributed by atoms with Crippen molar-refractivity contribution in [3.63, 3.8) is 0 Å². The topological polar surface area (TPSA) is 55.4 Å². The van der Waals surface area contributed by atoms with E-state index in [1.807, 2.05) is 19.1 Å². The van der Waals surface area contributed by atoms with E-state index in [4.69, 9.17) is 4.74 Å². The van der Waals surface area contributed by atoms with E-state index in [-0.39, 0.29) is 5.69 Å². The van der Waals surface area contributed by atoms with Crippen molar-refractivity contribution in [2.75, 3.05) is 5.32 Å². The molecule has 0 bridgehead atoms. The summed E-state index contributed by atoms with van der Waals surface area (Å²) in [6, 6.07) is 6.54. The summed E-state index contributed by atoms with van der Waals surface area (Å²) in [4.78, 5) is 25.6. The maximum Gasteiger partial charge on any atom is 0.331 e. The van der Waals surface area contributed by atoms with E-state index in [9.17, 15) is 18.4 Å². The van der Waals surface area contributed by atoms with E-state index in [2.05, 4.69) is 5.32 Å². The molecule has 0 spiro atoms. The lowest BCUT2D eigenvalue weighted by Gasteiger charge is -2.12. The molecule has 0 fully saturated rings. The number of esters is 1. The maximum absolute atomic E-state index is 13.5. The Morgan fingerprint density at radius 3 is 2.62 bits per heavy atom. The van der Waals surface area contributed by atoms with Gasteiger partial charge in [-0.15, -0.1) is 11.3 Å². The maximum atomic E-state index is 13.5. The molecule has 0 aliphatic heterocycles. The lowest BCUT2D eigenvalue weighted by molar-refractivity contribution is -0.148. The molecule has 1 N–H and O–H groups in total. The number of rotatable bonds is 5. The van der Waals surface area contributed by atoms with Crippen molar-refractivity contribution in [2.24, 2.45) is 0 Å². The van der Waals surface area contributed by atoms with Crippen LogP contribution in [0.15, 0.2) is 36.4 Å². The molecule has 0 unspecified atom stereocenters. The molecule has 126 valence electrons. The molecule has 0 aliphatic rings. The second-order valence-corrected chi connectivity index (χ2v) is 6.29. The highest BCUT2D eigenvalue weighted by molar-refractivity contribution is 7.12. The summed E-state index contributed by atoms with van der Waals surface area (Å²) in [7, 11) is 0. The van der Waals surface area contributed by atoms with Crippen LogP contribution in [-0.4, -0.2) is 18.0 Å². The third kappa shape index (κ3) is 4.99. The predicted molar refractivity (Wildman–Crippen MR) is 88.6 cm³/mol. The molecule has 1 atom stereocenters. The summed E-state index contributed by atoms with van der Waals surface area (Å²) in [5, 5.41) is 2.24. The van der Waals surface area contributed by atoms with Crippen LogP contribution in [0.3, 0.4) is 0 Å². The largest absolute Gasteiger partial charge is 0.449 e. The van der Waals surface area contributed by atoms with Gasteiger partial charge in [-0.2, -0.15) is 0 Å². The van der Waals surface area contributed by atoms with Crippen LogP contribution in [0, 0.1) is 18.6 Å². The average Bonchev–Trinajstić information content (AvgIpc) is 2.93. The normalized spacial score (nSPS) is 12.2. The number of carbonyl (C=O) groups is 2. The van der Waals surface area contributed by atoms with Gasteiger partial charge in [0.25, 0.3) is 5.91 Å². The number of amides is 1. The molecule has 0 saturated carbocycles. The SMILES string of the molecule is Cc1ccc(/C=C/C(=O)O[C@H](C)C(=O)Nc2ccc(F)cc2F)s1. The summed E-state index contributed by atoms with van der Waals surface area (Å²) < 4.78 is 31.2. The zero-order valence-electron chi connectivity index (χ0n) is 13.0. The zero-order valence-corrected chi connectivity index (χ0v) is 13.8. The minimum Gasteiger partial charge on any atom is -0.449 e. The fraction of sp³-hybridized carbons (Fsp3) is 0.176. The number of nitrogens with one attached hydrogen (secondary N) is 1. The van der Waals surface area contributed by atoms with Gasteiger partial charge >= 0.3 is 5.97 Å². The zero-order chi connectivity index (χ0) is 17.7. The number of hydrogen-bond acceptors (Lipinski definition) is 4. The number of halogens is 2. The summed E-state index contributed by atoms with van der Waals surface area (Å²) >= 11 is 1.51. The molecule has 24 heavy (non-hydrogen) atoms. The number of carbonyl (C=O) groups excluding carboxylic acids is 2. The summed E-state index contributed by atoms with van der Waals surface area (Å²) in [5.74, 6) is -3.06. The highest BCUT2D eigenvalue weighted by Gasteiger charge is 2.18. The Labute approximate surface area is 141 Å². The Hall–Kier alpha value is -2.54. The van der Waals surface area contributed by atoms with Gasteiger partial charge in [-0.25, -0.2) is 13.6 Å². The molecule has 2 aromatic rings. The van der Waals surface area contributed by atoms with Gasteiger partial charge < -0.3 is 10.1 Å². The van der Waals surface area contributed by atoms with Crippen LogP contribution in [0.25, 0.3) is 6.08 Å². The van der Waals surface area contributed by atoms with Gasteiger partial charge in [0.15, 0.2) is 6.10 Å². The summed E-state index contributed by atoms with van der Waals surface area (Å²) in [6.45, 7) is 3.30. The van der Waals surface area contributed by atoms with Gasteiger partial charge in [-0.1, -0.05) is 0 Å². The third-order valence-electron chi connectivity index (χ3n) is 3.00. The Morgan fingerprint density at radius 2 is 2.00 bits per heavy atom. The van der Waals surface area contributed by atoms with Gasteiger partial charge in [0, 0.05) is 21.9 Å². The highest BCUT2D eigenvalue weighted by atomic mass is 32.1. The van der Waals surface area contributed by atoms with Gasteiger partial charge in [-0.05, 0) is 44.2 Å². The van der Waals surface area contributed by atoms with E-state index in [0.717, 1.165) is 21.9 Å². The average molecular weight is 351 g/mol. The predicted octanol–water partition coefficient (Wildman–Crippen LogP) is 3.92.